The van der Waals surface area contributed by atoms with Gasteiger partial charge in [0.15, 0.2) is 0 Å². The van der Waals surface area contributed by atoms with Crippen LogP contribution >= 0.6 is 11.6 Å². The topological polar surface area (TPSA) is 29.1 Å². The number of carbonyl (C=O) groups is 1. The molecule has 1 aliphatic carbocycles. The Bertz CT molecular complexity index is 867. The van der Waals surface area contributed by atoms with Crippen LogP contribution in [0.5, 0.6) is 0 Å². The highest BCUT2D eigenvalue weighted by molar-refractivity contribution is 6.30. The second-order valence-electron chi connectivity index (χ2n) is 6.98. The van der Waals surface area contributed by atoms with Crippen molar-refractivity contribution in [2.75, 3.05) is 0 Å². The lowest BCUT2D eigenvalue weighted by Gasteiger charge is -2.21. The van der Waals surface area contributed by atoms with E-state index in [-0.39, 0.29) is 28.5 Å². The molecule has 3 rings (SSSR count). The molecule has 0 aromatic heterocycles. The molecule has 7 heteroatoms. The fourth-order valence-corrected chi connectivity index (χ4v) is 3.48. The molecule has 2 aromatic rings. The molecule has 1 atom stereocenters. The minimum atomic E-state index is -2.66. The minimum absolute atomic E-state index is 0.00737. The third kappa shape index (κ3) is 4.43. The van der Waals surface area contributed by atoms with E-state index in [2.05, 4.69) is 5.32 Å². The molecular formula is C20H18ClF4NO. The molecular weight excluding hydrogens is 382 g/mol. The summed E-state index contributed by atoms with van der Waals surface area (Å²) in [6, 6.07) is 7.38. The lowest BCUT2D eigenvalue weighted by Crippen LogP contribution is -2.35. The molecule has 1 saturated carbocycles. The van der Waals surface area contributed by atoms with Gasteiger partial charge in [0, 0.05) is 23.1 Å². The summed E-state index contributed by atoms with van der Waals surface area (Å²) in [6.07, 6.45) is -1.44. The maximum Gasteiger partial charge on any atom is 0.263 e. The van der Waals surface area contributed by atoms with Crippen molar-refractivity contribution >= 4 is 17.5 Å². The largest absolute Gasteiger partial charge is 0.347 e. The first kappa shape index (κ1) is 19.7. The van der Waals surface area contributed by atoms with Gasteiger partial charge < -0.3 is 5.32 Å². The molecule has 0 bridgehead atoms. The van der Waals surface area contributed by atoms with Crippen molar-refractivity contribution in [1.29, 1.82) is 0 Å². The van der Waals surface area contributed by atoms with Gasteiger partial charge in [0.2, 0.25) is 5.91 Å². The van der Waals surface area contributed by atoms with E-state index in [9.17, 15) is 22.4 Å². The highest BCUT2D eigenvalue weighted by Crippen LogP contribution is 2.47. The fourth-order valence-electron chi connectivity index (χ4n) is 3.23. The first-order chi connectivity index (χ1) is 12.7. The Balaban J connectivity index is 1.72. The molecule has 144 valence electrons. The Kier molecular flexibility index (Phi) is 5.47. The first-order valence-corrected chi connectivity index (χ1v) is 8.93. The van der Waals surface area contributed by atoms with Gasteiger partial charge in [-0.3, -0.25) is 4.79 Å². The predicted octanol–water partition coefficient (Wildman–Crippen LogP) is 5.85. The van der Waals surface area contributed by atoms with Gasteiger partial charge in [0.25, 0.3) is 6.43 Å². The van der Waals surface area contributed by atoms with Crippen LogP contribution in [0, 0.1) is 11.6 Å². The standard InChI is InChI=1S/C20H18ClF4NO/c1-11(16-3-2-15(22)10-17(16)23)6-18(27)26-20(4-5-20)13-7-12(19(24)25)8-14(21)9-13/h2-3,7-11,19H,4-6H2,1H3,(H,26,27)/t11-/m0/s1. The molecule has 0 saturated heterocycles. The van der Waals surface area contributed by atoms with Gasteiger partial charge in [-0.15, -0.1) is 0 Å². The lowest BCUT2D eigenvalue weighted by molar-refractivity contribution is -0.122. The second kappa shape index (κ2) is 7.50. The maximum absolute atomic E-state index is 13.9. The van der Waals surface area contributed by atoms with Crippen LogP contribution in [-0.2, 0) is 10.3 Å². The van der Waals surface area contributed by atoms with E-state index in [0.717, 1.165) is 12.1 Å². The van der Waals surface area contributed by atoms with Crippen molar-refractivity contribution < 1.29 is 22.4 Å². The Hall–Kier alpha value is -2.08. The molecule has 1 N–H and O–H groups in total. The molecule has 27 heavy (non-hydrogen) atoms. The average Bonchev–Trinajstić information content (AvgIpc) is 3.34. The maximum atomic E-state index is 13.9. The summed E-state index contributed by atoms with van der Waals surface area (Å²) >= 11 is 5.94. The summed E-state index contributed by atoms with van der Waals surface area (Å²) in [6.45, 7) is 1.67. The van der Waals surface area contributed by atoms with Crippen LogP contribution in [0.2, 0.25) is 5.02 Å². The van der Waals surface area contributed by atoms with Crippen molar-refractivity contribution in [3.8, 4) is 0 Å². The van der Waals surface area contributed by atoms with Crippen molar-refractivity contribution in [2.24, 2.45) is 0 Å². The van der Waals surface area contributed by atoms with Crippen molar-refractivity contribution in [3.63, 3.8) is 0 Å². The average molecular weight is 400 g/mol. The van der Waals surface area contributed by atoms with Crippen LogP contribution in [0.15, 0.2) is 36.4 Å². The number of halogens is 5. The monoisotopic (exact) mass is 399 g/mol. The number of carbonyl (C=O) groups excluding carboxylic acids is 1. The Morgan fingerprint density at radius 1 is 1.19 bits per heavy atom. The molecule has 2 aromatic carbocycles. The zero-order valence-corrected chi connectivity index (χ0v) is 15.3. The van der Waals surface area contributed by atoms with Crippen LogP contribution in [0.4, 0.5) is 17.6 Å². The van der Waals surface area contributed by atoms with Crippen molar-refractivity contribution in [2.45, 2.75) is 44.1 Å². The van der Waals surface area contributed by atoms with Gasteiger partial charge in [0.1, 0.15) is 11.6 Å². The lowest BCUT2D eigenvalue weighted by atomic mass is 9.96. The van der Waals surface area contributed by atoms with Crippen LogP contribution in [0.3, 0.4) is 0 Å². The predicted molar refractivity (Wildman–Crippen MR) is 94.9 cm³/mol. The van der Waals surface area contributed by atoms with Crippen LogP contribution < -0.4 is 5.32 Å². The smallest absolute Gasteiger partial charge is 0.263 e. The third-order valence-corrected chi connectivity index (χ3v) is 5.06. The molecule has 1 fully saturated rings. The van der Waals surface area contributed by atoms with Gasteiger partial charge in [0.05, 0.1) is 5.54 Å². The number of hydrogen-bond donors (Lipinski definition) is 1. The highest BCUT2D eigenvalue weighted by atomic mass is 35.5. The number of amides is 1. The van der Waals surface area contributed by atoms with E-state index >= 15 is 0 Å². The molecule has 0 radical (unpaired) electrons. The molecule has 1 aliphatic rings. The first-order valence-electron chi connectivity index (χ1n) is 8.55. The summed E-state index contributed by atoms with van der Waals surface area (Å²) in [5.74, 6) is -2.17. The minimum Gasteiger partial charge on any atom is -0.347 e. The summed E-state index contributed by atoms with van der Waals surface area (Å²) in [4.78, 5) is 12.4. The number of rotatable bonds is 6. The molecule has 0 unspecified atom stereocenters. The van der Waals surface area contributed by atoms with Gasteiger partial charge >= 0.3 is 0 Å². The van der Waals surface area contributed by atoms with E-state index in [0.29, 0.717) is 18.4 Å². The number of benzene rings is 2. The molecule has 1 amide bonds. The van der Waals surface area contributed by atoms with Crippen molar-refractivity contribution in [1.82, 2.24) is 5.32 Å². The quantitative estimate of drug-likeness (QED) is 0.606. The Morgan fingerprint density at radius 3 is 2.48 bits per heavy atom. The summed E-state index contributed by atoms with van der Waals surface area (Å²) < 4.78 is 52.9. The molecule has 0 aliphatic heterocycles. The van der Waals surface area contributed by atoms with E-state index < -0.39 is 29.5 Å². The Labute approximate surface area is 159 Å². The zero-order chi connectivity index (χ0) is 19.8. The van der Waals surface area contributed by atoms with Crippen LogP contribution in [0.25, 0.3) is 0 Å². The van der Waals surface area contributed by atoms with Crippen molar-refractivity contribution in [3.05, 3.63) is 69.7 Å². The highest BCUT2D eigenvalue weighted by Gasteiger charge is 2.46. The molecule has 0 spiro atoms. The summed E-state index contributed by atoms with van der Waals surface area (Å²) in [5.41, 5.74) is -0.120. The van der Waals surface area contributed by atoms with E-state index in [4.69, 9.17) is 11.6 Å². The number of hydrogen-bond acceptors (Lipinski definition) is 1. The van der Waals surface area contributed by atoms with E-state index in [1.54, 1.807) is 13.0 Å². The normalized spacial score (nSPS) is 16.3. The number of alkyl halides is 2. The SMILES string of the molecule is C[C@@H](CC(=O)NC1(c2cc(Cl)cc(C(F)F)c2)CC1)c1ccc(F)cc1F. The second-order valence-corrected chi connectivity index (χ2v) is 7.41. The van der Waals surface area contributed by atoms with Crippen LogP contribution in [-0.4, -0.2) is 5.91 Å². The summed E-state index contributed by atoms with van der Waals surface area (Å²) in [5, 5.41) is 3.05. The van der Waals surface area contributed by atoms with E-state index in [1.807, 2.05) is 0 Å². The third-order valence-electron chi connectivity index (χ3n) is 4.84. The molecule has 2 nitrogen and oxygen atoms in total. The van der Waals surface area contributed by atoms with Gasteiger partial charge in [-0.25, -0.2) is 17.6 Å². The van der Waals surface area contributed by atoms with Gasteiger partial charge in [-0.2, -0.15) is 0 Å². The zero-order valence-electron chi connectivity index (χ0n) is 14.5. The fraction of sp³-hybridized carbons (Fsp3) is 0.350. The van der Waals surface area contributed by atoms with Crippen LogP contribution in [0.1, 0.15) is 55.2 Å². The van der Waals surface area contributed by atoms with Gasteiger partial charge in [-0.1, -0.05) is 24.6 Å². The molecule has 0 heterocycles. The number of nitrogens with one attached hydrogen (secondary N) is 1. The summed E-state index contributed by atoms with van der Waals surface area (Å²) in [7, 11) is 0. The van der Waals surface area contributed by atoms with E-state index in [1.165, 1.54) is 18.2 Å². The Morgan fingerprint density at radius 2 is 1.89 bits per heavy atom. The van der Waals surface area contributed by atoms with Gasteiger partial charge in [-0.05, 0) is 54.2 Å².